The third-order valence-electron chi connectivity index (χ3n) is 6.73. The molecule has 0 unspecified atom stereocenters. The second kappa shape index (κ2) is 13.4. The van der Waals surface area contributed by atoms with Crippen molar-refractivity contribution in [2.45, 2.75) is 58.3 Å². The Morgan fingerprint density at radius 1 is 1.08 bits per heavy atom. The lowest BCUT2D eigenvalue weighted by atomic mass is 10.0. The van der Waals surface area contributed by atoms with Crippen LogP contribution >= 0.6 is 0 Å². The number of carbonyl (C=O) groups excluding carboxylic acids is 3. The van der Waals surface area contributed by atoms with Crippen molar-refractivity contribution in [2.75, 3.05) is 26.2 Å². The van der Waals surface area contributed by atoms with Crippen LogP contribution in [0.3, 0.4) is 0 Å². The highest BCUT2D eigenvalue weighted by atomic mass is 19.1. The molecule has 3 amide bonds. The number of amides is 3. The van der Waals surface area contributed by atoms with E-state index in [1.807, 2.05) is 18.2 Å². The van der Waals surface area contributed by atoms with Crippen LogP contribution in [-0.4, -0.2) is 77.0 Å². The highest BCUT2D eigenvalue weighted by Crippen LogP contribution is 2.14. The van der Waals surface area contributed by atoms with Crippen molar-refractivity contribution < 1.29 is 28.3 Å². The molecule has 0 spiro atoms. The number of aliphatic hydroxyl groups excluding tert-OH is 1. The van der Waals surface area contributed by atoms with Crippen LogP contribution in [0, 0.1) is 11.6 Å². The molecule has 3 rings (SSSR count). The van der Waals surface area contributed by atoms with E-state index in [0.29, 0.717) is 13.1 Å². The van der Waals surface area contributed by atoms with Crippen molar-refractivity contribution in [1.29, 1.82) is 0 Å². The minimum absolute atomic E-state index is 0.0402. The highest BCUT2D eigenvalue weighted by molar-refractivity contribution is 5.96. The van der Waals surface area contributed by atoms with E-state index in [-0.39, 0.29) is 43.4 Å². The topological polar surface area (TPSA) is 102 Å². The zero-order valence-electron chi connectivity index (χ0n) is 22.0. The van der Waals surface area contributed by atoms with Gasteiger partial charge in [-0.15, -0.1) is 0 Å². The number of rotatable bonds is 12. The molecule has 0 aliphatic carbocycles. The Balaban J connectivity index is 1.67. The van der Waals surface area contributed by atoms with Gasteiger partial charge in [-0.3, -0.25) is 14.4 Å². The average molecular weight is 531 g/mol. The summed E-state index contributed by atoms with van der Waals surface area (Å²) >= 11 is 0. The van der Waals surface area contributed by atoms with E-state index in [0.717, 1.165) is 30.2 Å². The molecule has 38 heavy (non-hydrogen) atoms. The van der Waals surface area contributed by atoms with Crippen LogP contribution < -0.4 is 10.6 Å². The number of hydrogen-bond donors (Lipinski definition) is 3. The molecular weight excluding hydrogens is 494 g/mol. The maximum atomic E-state index is 13.8. The molecule has 1 saturated heterocycles. The third-order valence-corrected chi connectivity index (χ3v) is 6.73. The minimum atomic E-state index is -1.10. The first-order valence-electron chi connectivity index (χ1n) is 12.9. The molecule has 0 saturated carbocycles. The number of hydrogen-bond acceptors (Lipinski definition) is 5. The Labute approximate surface area is 222 Å². The summed E-state index contributed by atoms with van der Waals surface area (Å²) in [4.78, 5) is 40.6. The number of piperazine rings is 1. The molecule has 0 radical (unpaired) electrons. The molecule has 1 fully saturated rings. The number of nitrogens with zero attached hydrogens (tertiary/aromatic N) is 2. The predicted octanol–water partition coefficient (Wildman–Crippen LogP) is 1.78. The van der Waals surface area contributed by atoms with Gasteiger partial charge in [0.1, 0.15) is 30.8 Å². The van der Waals surface area contributed by atoms with Gasteiger partial charge >= 0.3 is 0 Å². The number of carbonyl (C=O) groups is 3. The smallest absolute Gasteiger partial charge is 0.246 e. The van der Waals surface area contributed by atoms with Crippen LogP contribution in [0.15, 0.2) is 42.5 Å². The summed E-state index contributed by atoms with van der Waals surface area (Å²) in [5, 5.41) is 16.8. The van der Waals surface area contributed by atoms with Gasteiger partial charge in [-0.2, -0.15) is 0 Å². The molecule has 0 bridgehead atoms. The van der Waals surface area contributed by atoms with Crippen LogP contribution in [0.25, 0.3) is 0 Å². The minimum Gasteiger partial charge on any atom is -0.390 e. The summed E-state index contributed by atoms with van der Waals surface area (Å²) in [7, 11) is 0. The quantitative estimate of drug-likeness (QED) is 0.389. The normalized spacial score (nSPS) is 17.5. The standard InChI is InChI=1S/C28H36F2N4O4/c1-4-19-7-6-8-20(9-19)14-31-15-25(35)24(12-21-10-22(29)13-23(30)11-21)32-26(36)16-33-17-27(37)34(5-2)18(3)28(33)38/h6-11,13,18,24-25,31,35H,4-5,12,14-17H2,1-3H3,(H,32,36)/t18-,24-,25+/m0/s1. The van der Waals surface area contributed by atoms with Gasteiger partial charge < -0.3 is 25.5 Å². The number of aliphatic hydroxyl groups is 1. The number of likely N-dealkylation sites (N-methyl/N-ethyl adjacent to an activating group) is 1. The second-order valence-electron chi connectivity index (χ2n) is 9.58. The maximum absolute atomic E-state index is 13.8. The van der Waals surface area contributed by atoms with Crippen molar-refractivity contribution in [1.82, 2.24) is 20.4 Å². The van der Waals surface area contributed by atoms with Gasteiger partial charge in [-0.25, -0.2) is 8.78 Å². The fourth-order valence-corrected chi connectivity index (χ4v) is 4.69. The lowest BCUT2D eigenvalue weighted by Crippen LogP contribution is -2.60. The van der Waals surface area contributed by atoms with Crippen molar-refractivity contribution in [2.24, 2.45) is 0 Å². The molecule has 1 aliphatic rings. The van der Waals surface area contributed by atoms with Crippen molar-refractivity contribution in [3.63, 3.8) is 0 Å². The van der Waals surface area contributed by atoms with Crippen molar-refractivity contribution >= 4 is 17.7 Å². The van der Waals surface area contributed by atoms with Crippen LogP contribution in [-0.2, 0) is 33.8 Å². The number of benzene rings is 2. The van der Waals surface area contributed by atoms with E-state index in [1.165, 1.54) is 15.4 Å². The Hall–Kier alpha value is -3.37. The summed E-state index contributed by atoms with van der Waals surface area (Å²) in [6.45, 7) is 5.84. The Morgan fingerprint density at radius 2 is 1.76 bits per heavy atom. The summed E-state index contributed by atoms with van der Waals surface area (Å²) in [5.41, 5.74) is 2.48. The summed E-state index contributed by atoms with van der Waals surface area (Å²) < 4.78 is 27.6. The first-order valence-corrected chi connectivity index (χ1v) is 12.9. The van der Waals surface area contributed by atoms with Crippen molar-refractivity contribution in [3.8, 4) is 0 Å². The van der Waals surface area contributed by atoms with Gasteiger partial charge in [0.05, 0.1) is 12.1 Å². The Morgan fingerprint density at radius 3 is 2.42 bits per heavy atom. The summed E-state index contributed by atoms with van der Waals surface area (Å²) in [5.74, 6) is -2.71. The molecule has 3 N–H and O–H groups in total. The Bertz CT molecular complexity index is 1130. The predicted molar refractivity (Wildman–Crippen MR) is 139 cm³/mol. The van der Waals surface area contributed by atoms with E-state index in [2.05, 4.69) is 23.6 Å². The summed E-state index contributed by atoms with van der Waals surface area (Å²) in [6.07, 6.45) is -0.246. The number of aryl methyl sites for hydroxylation is 1. The fraction of sp³-hybridized carbons (Fsp3) is 0.464. The second-order valence-corrected chi connectivity index (χ2v) is 9.58. The van der Waals surface area contributed by atoms with Gasteiger partial charge in [0.15, 0.2) is 0 Å². The molecule has 2 aromatic rings. The van der Waals surface area contributed by atoms with Crippen LogP contribution in [0.2, 0.25) is 0 Å². The number of nitrogens with one attached hydrogen (secondary N) is 2. The van der Waals surface area contributed by atoms with Gasteiger partial charge in [0, 0.05) is 25.7 Å². The molecular formula is C28H36F2N4O4. The van der Waals surface area contributed by atoms with Crippen LogP contribution in [0.5, 0.6) is 0 Å². The van der Waals surface area contributed by atoms with Crippen LogP contribution in [0.4, 0.5) is 8.78 Å². The lowest BCUT2D eigenvalue weighted by molar-refractivity contribution is -0.156. The zero-order valence-corrected chi connectivity index (χ0v) is 22.0. The van der Waals surface area contributed by atoms with Crippen molar-refractivity contribution in [3.05, 3.63) is 70.8 Å². The first-order chi connectivity index (χ1) is 18.1. The molecule has 2 aromatic carbocycles. The average Bonchev–Trinajstić information content (AvgIpc) is 2.86. The van der Waals surface area contributed by atoms with E-state index < -0.39 is 35.7 Å². The van der Waals surface area contributed by atoms with Gasteiger partial charge in [-0.1, -0.05) is 31.2 Å². The maximum Gasteiger partial charge on any atom is 0.246 e. The first kappa shape index (κ1) is 29.2. The van der Waals surface area contributed by atoms with E-state index in [9.17, 15) is 28.3 Å². The van der Waals surface area contributed by atoms with E-state index in [4.69, 9.17) is 0 Å². The zero-order chi connectivity index (χ0) is 27.8. The fourth-order valence-electron chi connectivity index (χ4n) is 4.69. The molecule has 1 aliphatic heterocycles. The van der Waals surface area contributed by atoms with Gasteiger partial charge in [0.25, 0.3) is 0 Å². The van der Waals surface area contributed by atoms with Gasteiger partial charge in [-0.05, 0) is 55.5 Å². The van der Waals surface area contributed by atoms with E-state index >= 15 is 0 Å². The molecule has 1 heterocycles. The molecule has 8 nitrogen and oxygen atoms in total. The highest BCUT2D eigenvalue weighted by Gasteiger charge is 2.36. The monoisotopic (exact) mass is 530 g/mol. The van der Waals surface area contributed by atoms with E-state index in [1.54, 1.807) is 13.8 Å². The number of halogens is 2. The largest absolute Gasteiger partial charge is 0.390 e. The molecule has 0 aromatic heterocycles. The van der Waals surface area contributed by atoms with Crippen LogP contribution in [0.1, 0.15) is 37.5 Å². The third kappa shape index (κ3) is 7.82. The van der Waals surface area contributed by atoms with Gasteiger partial charge in [0.2, 0.25) is 17.7 Å². The Kier molecular flexibility index (Phi) is 10.3. The molecule has 10 heteroatoms. The lowest BCUT2D eigenvalue weighted by Gasteiger charge is -2.38. The molecule has 3 atom stereocenters. The molecule has 206 valence electrons. The SMILES string of the molecule is CCc1cccc(CNC[C@@H](O)[C@H](Cc2cc(F)cc(F)c2)NC(=O)CN2CC(=O)N(CC)[C@@H](C)C2=O)c1. The summed E-state index contributed by atoms with van der Waals surface area (Å²) in [6, 6.07) is 9.47.